The van der Waals surface area contributed by atoms with E-state index in [9.17, 15) is 0 Å². The fourth-order valence-corrected chi connectivity index (χ4v) is 2.93. The van der Waals surface area contributed by atoms with Gasteiger partial charge in [-0.2, -0.15) is 5.10 Å². The summed E-state index contributed by atoms with van der Waals surface area (Å²) in [5, 5.41) is 7.17. The van der Waals surface area contributed by atoms with Crippen LogP contribution >= 0.6 is 0 Å². The van der Waals surface area contributed by atoms with E-state index in [1.165, 1.54) is 11.3 Å². The van der Waals surface area contributed by atoms with Gasteiger partial charge in [0.1, 0.15) is 11.9 Å². The molecule has 0 bridgehead atoms. The van der Waals surface area contributed by atoms with Gasteiger partial charge in [-0.1, -0.05) is 0 Å². The lowest BCUT2D eigenvalue weighted by Gasteiger charge is -2.17. The van der Waals surface area contributed by atoms with Crippen molar-refractivity contribution in [3.05, 3.63) is 41.5 Å². The van der Waals surface area contributed by atoms with Gasteiger partial charge in [0, 0.05) is 38.4 Å². The number of hydrogen-bond acceptors (Lipinski definition) is 5. The second-order valence-corrected chi connectivity index (χ2v) is 6.52. The highest BCUT2D eigenvalue weighted by molar-refractivity contribution is 5.23. The summed E-state index contributed by atoms with van der Waals surface area (Å²) in [5.41, 5.74) is 3.45. The number of H-pyrrole nitrogens is 1. The standard InChI is InChI=1S/C17H25N5O/c1-13-9-19-20-17(13)12-22-7-5-16(11-22)23-15-4-6-18-14(8-15)10-21(2)3/h4,6,8-9,16H,5,7,10-12H2,1-3H3,(H,19,20). The number of nitrogens with zero attached hydrogens (tertiary/aromatic N) is 4. The number of aromatic amines is 1. The molecule has 23 heavy (non-hydrogen) atoms. The second kappa shape index (κ2) is 7.10. The van der Waals surface area contributed by atoms with Crippen LogP contribution in [0.1, 0.15) is 23.4 Å². The zero-order chi connectivity index (χ0) is 16.2. The molecule has 6 nitrogen and oxygen atoms in total. The fraction of sp³-hybridized carbons (Fsp3) is 0.529. The van der Waals surface area contributed by atoms with Crippen LogP contribution in [0, 0.1) is 6.92 Å². The molecule has 0 aromatic carbocycles. The molecule has 1 aliphatic heterocycles. The molecule has 1 unspecified atom stereocenters. The Morgan fingerprint density at radius 1 is 1.43 bits per heavy atom. The number of aromatic nitrogens is 3. The lowest BCUT2D eigenvalue weighted by Crippen LogP contribution is -2.25. The van der Waals surface area contributed by atoms with Crippen LogP contribution in [0.4, 0.5) is 0 Å². The molecular weight excluding hydrogens is 290 g/mol. The van der Waals surface area contributed by atoms with E-state index >= 15 is 0 Å². The van der Waals surface area contributed by atoms with E-state index in [4.69, 9.17) is 4.74 Å². The quantitative estimate of drug-likeness (QED) is 0.881. The van der Waals surface area contributed by atoms with Gasteiger partial charge in [0.15, 0.2) is 0 Å². The van der Waals surface area contributed by atoms with Crippen molar-refractivity contribution in [2.24, 2.45) is 0 Å². The number of likely N-dealkylation sites (tertiary alicyclic amines) is 1. The van der Waals surface area contributed by atoms with Crippen LogP contribution in [0.25, 0.3) is 0 Å². The fourth-order valence-electron chi connectivity index (χ4n) is 2.93. The highest BCUT2D eigenvalue weighted by Crippen LogP contribution is 2.20. The molecule has 6 heteroatoms. The first kappa shape index (κ1) is 16.0. The minimum absolute atomic E-state index is 0.243. The molecule has 0 amide bonds. The van der Waals surface area contributed by atoms with Crippen molar-refractivity contribution < 1.29 is 4.74 Å². The summed E-state index contributed by atoms with van der Waals surface area (Å²) < 4.78 is 6.15. The van der Waals surface area contributed by atoms with E-state index in [1.807, 2.05) is 38.6 Å². The smallest absolute Gasteiger partial charge is 0.123 e. The summed E-state index contributed by atoms with van der Waals surface area (Å²) in [5.74, 6) is 0.918. The maximum absolute atomic E-state index is 6.15. The Kier molecular flexibility index (Phi) is 4.93. The molecule has 0 saturated carbocycles. The molecule has 3 heterocycles. The van der Waals surface area contributed by atoms with Crippen molar-refractivity contribution in [2.45, 2.75) is 32.5 Å². The monoisotopic (exact) mass is 315 g/mol. The SMILES string of the molecule is Cc1cn[nH]c1CN1CCC(Oc2ccnc(CN(C)C)c2)C1. The Bertz CT molecular complexity index is 639. The molecule has 1 fully saturated rings. The van der Waals surface area contributed by atoms with Gasteiger partial charge in [-0.25, -0.2) is 0 Å². The lowest BCUT2D eigenvalue weighted by molar-refractivity contribution is 0.197. The first-order chi connectivity index (χ1) is 11.1. The van der Waals surface area contributed by atoms with E-state index < -0.39 is 0 Å². The molecule has 2 aromatic heterocycles. The Morgan fingerprint density at radius 3 is 3.04 bits per heavy atom. The van der Waals surface area contributed by atoms with Gasteiger partial charge in [0.2, 0.25) is 0 Å². The number of ether oxygens (including phenoxy) is 1. The third-order valence-corrected chi connectivity index (χ3v) is 4.11. The van der Waals surface area contributed by atoms with Gasteiger partial charge < -0.3 is 9.64 Å². The zero-order valence-corrected chi connectivity index (χ0v) is 14.1. The lowest BCUT2D eigenvalue weighted by atomic mass is 10.2. The van der Waals surface area contributed by atoms with Crippen molar-refractivity contribution in [1.82, 2.24) is 25.0 Å². The molecule has 1 atom stereocenters. The Hall–Kier alpha value is -1.92. The van der Waals surface area contributed by atoms with Gasteiger partial charge in [0.05, 0.1) is 17.6 Å². The highest BCUT2D eigenvalue weighted by atomic mass is 16.5. The van der Waals surface area contributed by atoms with Crippen molar-refractivity contribution in [3.8, 4) is 5.75 Å². The number of nitrogens with one attached hydrogen (secondary N) is 1. The largest absolute Gasteiger partial charge is 0.489 e. The summed E-state index contributed by atoms with van der Waals surface area (Å²) in [7, 11) is 4.09. The topological polar surface area (TPSA) is 57.3 Å². The first-order valence-electron chi connectivity index (χ1n) is 8.07. The Morgan fingerprint density at radius 2 is 2.30 bits per heavy atom. The minimum Gasteiger partial charge on any atom is -0.489 e. The number of rotatable bonds is 6. The van der Waals surface area contributed by atoms with Crippen molar-refractivity contribution in [3.63, 3.8) is 0 Å². The van der Waals surface area contributed by atoms with Gasteiger partial charge in [0.25, 0.3) is 0 Å². The summed E-state index contributed by atoms with van der Waals surface area (Å²) >= 11 is 0. The van der Waals surface area contributed by atoms with E-state index in [2.05, 4.69) is 31.9 Å². The van der Waals surface area contributed by atoms with Crippen LogP contribution in [-0.4, -0.2) is 58.3 Å². The summed E-state index contributed by atoms with van der Waals surface area (Å²) in [6.07, 6.45) is 5.00. The van der Waals surface area contributed by atoms with Crippen LogP contribution in [0.2, 0.25) is 0 Å². The Balaban J connectivity index is 1.54. The molecule has 0 spiro atoms. The third-order valence-electron chi connectivity index (χ3n) is 4.11. The first-order valence-corrected chi connectivity index (χ1v) is 8.07. The number of pyridine rings is 1. The summed E-state index contributed by atoms with van der Waals surface area (Å²) in [6.45, 7) is 5.83. The molecule has 3 rings (SSSR count). The molecule has 124 valence electrons. The minimum atomic E-state index is 0.243. The number of aryl methyl sites for hydroxylation is 1. The van der Waals surface area contributed by atoms with E-state index in [0.29, 0.717) is 0 Å². The Labute approximate surface area is 137 Å². The van der Waals surface area contributed by atoms with Crippen LogP contribution < -0.4 is 4.74 Å². The predicted octanol–water partition coefficient (Wildman–Crippen LogP) is 1.83. The predicted molar refractivity (Wildman–Crippen MR) is 89.3 cm³/mol. The summed E-state index contributed by atoms with van der Waals surface area (Å²) in [4.78, 5) is 8.90. The number of hydrogen-bond donors (Lipinski definition) is 1. The van der Waals surface area contributed by atoms with Crippen molar-refractivity contribution >= 4 is 0 Å². The molecule has 1 N–H and O–H groups in total. The maximum Gasteiger partial charge on any atom is 0.123 e. The highest BCUT2D eigenvalue weighted by Gasteiger charge is 2.24. The van der Waals surface area contributed by atoms with E-state index in [0.717, 1.165) is 44.0 Å². The van der Waals surface area contributed by atoms with Crippen molar-refractivity contribution in [2.75, 3.05) is 27.2 Å². The average Bonchev–Trinajstić information content (AvgIpc) is 3.09. The van der Waals surface area contributed by atoms with Gasteiger partial charge >= 0.3 is 0 Å². The van der Waals surface area contributed by atoms with Gasteiger partial charge in [-0.15, -0.1) is 0 Å². The third kappa shape index (κ3) is 4.30. The van der Waals surface area contributed by atoms with Gasteiger partial charge in [-0.05, 0) is 39.1 Å². The molecule has 2 aromatic rings. The zero-order valence-electron chi connectivity index (χ0n) is 14.1. The molecule has 1 saturated heterocycles. The van der Waals surface area contributed by atoms with Crippen molar-refractivity contribution in [1.29, 1.82) is 0 Å². The molecular formula is C17H25N5O. The normalized spacial score (nSPS) is 18.7. The summed E-state index contributed by atoms with van der Waals surface area (Å²) in [6, 6.07) is 3.99. The molecule has 1 aliphatic rings. The van der Waals surface area contributed by atoms with Crippen LogP contribution in [0.15, 0.2) is 24.5 Å². The second-order valence-electron chi connectivity index (χ2n) is 6.52. The van der Waals surface area contributed by atoms with Crippen LogP contribution in [0.3, 0.4) is 0 Å². The van der Waals surface area contributed by atoms with E-state index in [1.54, 1.807) is 0 Å². The average molecular weight is 315 g/mol. The molecule has 0 radical (unpaired) electrons. The maximum atomic E-state index is 6.15. The molecule has 0 aliphatic carbocycles. The van der Waals surface area contributed by atoms with Gasteiger partial charge in [-0.3, -0.25) is 15.0 Å². The van der Waals surface area contributed by atoms with E-state index in [-0.39, 0.29) is 6.10 Å². The van der Waals surface area contributed by atoms with Crippen LogP contribution in [-0.2, 0) is 13.1 Å². The van der Waals surface area contributed by atoms with Crippen LogP contribution in [0.5, 0.6) is 5.75 Å².